The highest BCUT2D eigenvalue weighted by atomic mass is 79.9. The van der Waals surface area contributed by atoms with Crippen LogP contribution < -0.4 is 4.90 Å². The molecule has 2 atom stereocenters. The number of anilines is 1. The second-order valence-electron chi connectivity index (χ2n) is 7.43. The summed E-state index contributed by atoms with van der Waals surface area (Å²) >= 11 is 3.25. The third-order valence-corrected chi connectivity index (χ3v) is 5.91. The molecule has 1 amide bonds. The lowest BCUT2D eigenvalue weighted by molar-refractivity contribution is -0.137. The third kappa shape index (κ3) is 4.32. The van der Waals surface area contributed by atoms with Gasteiger partial charge in [0, 0.05) is 15.7 Å². The molecule has 0 radical (unpaired) electrons. The van der Waals surface area contributed by atoms with Crippen molar-refractivity contribution < 1.29 is 31.9 Å². The van der Waals surface area contributed by atoms with Gasteiger partial charge in [0.1, 0.15) is 11.7 Å². The van der Waals surface area contributed by atoms with E-state index < -0.39 is 47.0 Å². The zero-order chi connectivity index (χ0) is 23.9. The summed E-state index contributed by atoms with van der Waals surface area (Å²) in [5.74, 6) is -4.92. The van der Waals surface area contributed by atoms with E-state index in [0.717, 1.165) is 35.2 Å². The number of ketones is 2. The Hall–Kier alpha value is -3.33. The van der Waals surface area contributed by atoms with Gasteiger partial charge < -0.3 is 0 Å². The fourth-order valence-corrected chi connectivity index (χ4v) is 4.10. The smallest absolute Gasteiger partial charge is 0.297 e. The van der Waals surface area contributed by atoms with E-state index in [4.69, 9.17) is 0 Å². The molecule has 4 rings (SSSR count). The highest BCUT2D eigenvalue weighted by molar-refractivity contribution is 9.10. The number of Topliss-reactive ketones (excluding diaryl/α,β-unsaturated/α-hetero) is 2. The van der Waals surface area contributed by atoms with Gasteiger partial charge in [0.25, 0.3) is 5.91 Å². The number of hydrogen-bond acceptors (Lipinski definition) is 3. The van der Waals surface area contributed by atoms with Crippen LogP contribution in [0.1, 0.15) is 27.5 Å². The number of rotatable bonds is 4. The van der Waals surface area contributed by atoms with E-state index >= 15 is 0 Å². The van der Waals surface area contributed by atoms with E-state index in [1.807, 2.05) is 0 Å². The van der Waals surface area contributed by atoms with E-state index in [1.54, 1.807) is 12.1 Å². The second-order valence-corrected chi connectivity index (χ2v) is 8.35. The van der Waals surface area contributed by atoms with Crippen LogP contribution in [0.15, 0.2) is 77.3 Å². The van der Waals surface area contributed by atoms with Gasteiger partial charge in [0.2, 0.25) is 5.78 Å². The van der Waals surface area contributed by atoms with Crippen molar-refractivity contribution in [3.8, 4) is 0 Å². The minimum atomic E-state index is -4.68. The number of halogens is 5. The quantitative estimate of drug-likeness (QED) is 0.190. The molecule has 3 aromatic rings. The van der Waals surface area contributed by atoms with Crippen LogP contribution in [0.2, 0.25) is 0 Å². The summed E-state index contributed by atoms with van der Waals surface area (Å²) < 4.78 is 54.1. The molecule has 33 heavy (non-hydrogen) atoms. The van der Waals surface area contributed by atoms with E-state index in [2.05, 4.69) is 15.9 Å². The number of nitrogens with zero attached hydrogens (tertiary/aromatic N) is 1. The van der Waals surface area contributed by atoms with Crippen molar-refractivity contribution in [1.82, 2.24) is 0 Å². The average molecular weight is 520 g/mol. The summed E-state index contributed by atoms with van der Waals surface area (Å²) in [7, 11) is 0. The largest absolute Gasteiger partial charge is 0.416 e. The fraction of sp³-hybridized carbons (Fsp3) is 0.125. The number of carbonyl (C=O) groups excluding carboxylic acids is 3. The monoisotopic (exact) mass is 519 g/mol. The molecule has 0 aromatic heterocycles. The number of benzene rings is 3. The molecule has 1 aliphatic heterocycles. The Kier molecular flexibility index (Phi) is 5.92. The predicted octanol–water partition coefficient (Wildman–Crippen LogP) is 5.76. The number of carbonyl (C=O) groups is 3. The fourth-order valence-electron chi connectivity index (χ4n) is 3.84. The SMILES string of the molecule is O=C1C(=O)N(c2cccc(C(F)(F)F)c2)C(c2ccc(F)cc2)C1C(=O)c1ccc(Br)cc1. The first-order valence-electron chi connectivity index (χ1n) is 9.68. The topological polar surface area (TPSA) is 54.5 Å². The minimum absolute atomic E-state index is 0.155. The Balaban J connectivity index is 1.86. The van der Waals surface area contributed by atoms with Crippen molar-refractivity contribution in [3.63, 3.8) is 0 Å². The van der Waals surface area contributed by atoms with Gasteiger partial charge in [-0.25, -0.2) is 4.39 Å². The molecule has 168 valence electrons. The summed E-state index contributed by atoms with van der Waals surface area (Å²) in [6, 6.07) is 13.6. The van der Waals surface area contributed by atoms with Gasteiger partial charge in [0.15, 0.2) is 5.78 Å². The van der Waals surface area contributed by atoms with Crippen LogP contribution in [-0.2, 0) is 15.8 Å². The van der Waals surface area contributed by atoms with Crippen molar-refractivity contribution in [1.29, 1.82) is 0 Å². The minimum Gasteiger partial charge on any atom is -0.297 e. The highest BCUT2D eigenvalue weighted by Gasteiger charge is 2.52. The predicted molar refractivity (Wildman–Crippen MR) is 115 cm³/mol. The van der Waals surface area contributed by atoms with Gasteiger partial charge in [-0.15, -0.1) is 0 Å². The van der Waals surface area contributed by atoms with Crippen LogP contribution in [0.5, 0.6) is 0 Å². The molecule has 9 heteroatoms. The van der Waals surface area contributed by atoms with Crippen molar-refractivity contribution in [2.45, 2.75) is 12.2 Å². The molecule has 0 spiro atoms. The van der Waals surface area contributed by atoms with Gasteiger partial charge in [-0.1, -0.05) is 46.3 Å². The van der Waals surface area contributed by atoms with Crippen LogP contribution in [0.25, 0.3) is 0 Å². The zero-order valence-corrected chi connectivity index (χ0v) is 18.2. The average Bonchev–Trinajstić information content (AvgIpc) is 3.04. The molecule has 0 bridgehead atoms. The van der Waals surface area contributed by atoms with Gasteiger partial charge in [-0.05, 0) is 48.0 Å². The van der Waals surface area contributed by atoms with Crippen molar-refractivity contribution in [2.75, 3.05) is 4.90 Å². The highest BCUT2D eigenvalue weighted by Crippen LogP contribution is 2.42. The molecular formula is C24H14BrF4NO3. The summed E-state index contributed by atoms with van der Waals surface area (Å²) in [6.07, 6.45) is -4.68. The Morgan fingerprint density at radius 1 is 0.909 bits per heavy atom. The second kappa shape index (κ2) is 8.55. The molecule has 0 saturated carbocycles. The van der Waals surface area contributed by atoms with Crippen LogP contribution in [0, 0.1) is 11.7 Å². The summed E-state index contributed by atoms with van der Waals surface area (Å²) in [5.41, 5.74) is -0.810. The molecule has 1 fully saturated rings. The normalized spacial score (nSPS) is 18.6. The van der Waals surface area contributed by atoms with Crippen LogP contribution in [0.4, 0.5) is 23.2 Å². The summed E-state index contributed by atoms with van der Waals surface area (Å²) in [5, 5.41) is 0. The van der Waals surface area contributed by atoms with Crippen LogP contribution in [-0.4, -0.2) is 17.5 Å². The Bertz CT molecular complexity index is 1240. The first-order valence-corrected chi connectivity index (χ1v) is 10.5. The van der Waals surface area contributed by atoms with Gasteiger partial charge in [0.05, 0.1) is 11.6 Å². The summed E-state index contributed by atoms with van der Waals surface area (Å²) in [4.78, 5) is 40.1. The molecule has 0 aliphatic carbocycles. The van der Waals surface area contributed by atoms with E-state index in [9.17, 15) is 31.9 Å². The summed E-state index contributed by atoms with van der Waals surface area (Å²) in [6.45, 7) is 0. The number of hydrogen-bond donors (Lipinski definition) is 0. The molecule has 4 nitrogen and oxygen atoms in total. The lowest BCUT2D eigenvalue weighted by Crippen LogP contribution is -2.31. The van der Waals surface area contributed by atoms with Crippen LogP contribution in [0.3, 0.4) is 0 Å². The molecule has 1 saturated heterocycles. The van der Waals surface area contributed by atoms with Gasteiger partial charge in [-0.2, -0.15) is 13.2 Å². The maximum atomic E-state index is 13.5. The van der Waals surface area contributed by atoms with Crippen molar-refractivity contribution in [3.05, 3.63) is 99.8 Å². The van der Waals surface area contributed by atoms with Crippen LogP contribution >= 0.6 is 15.9 Å². The van der Waals surface area contributed by atoms with Crippen molar-refractivity contribution in [2.24, 2.45) is 5.92 Å². The van der Waals surface area contributed by atoms with Crippen molar-refractivity contribution >= 4 is 39.1 Å². The molecule has 1 aliphatic rings. The maximum absolute atomic E-state index is 13.5. The zero-order valence-electron chi connectivity index (χ0n) is 16.6. The number of alkyl halides is 3. The first kappa shape index (κ1) is 22.8. The lowest BCUT2D eigenvalue weighted by Gasteiger charge is -2.28. The van der Waals surface area contributed by atoms with Gasteiger partial charge >= 0.3 is 6.18 Å². The first-order chi connectivity index (χ1) is 15.6. The Morgan fingerprint density at radius 2 is 1.55 bits per heavy atom. The third-order valence-electron chi connectivity index (χ3n) is 5.38. The molecule has 1 heterocycles. The molecular weight excluding hydrogens is 506 g/mol. The standard InChI is InChI=1S/C24H14BrF4NO3/c25-16-8-4-14(5-9-16)21(31)19-20(13-6-10-17(26)11-7-13)30(23(33)22(19)32)18-3-1-2-15(12-18)24(27,28)29/h1-12,19-20H. The lowest BCUT2D eigenvalue weighted by atomic mass is 9.86. The Labute approximate surface area is 194 Å². The van der Waals surface area contributed by atoms with Gasteiger partial charge in [-0.3, -0.25) is 19.3 Å². The van der Waals surface area contributed by atoms with E-state index in [0.29, 0.717) is 4.47 Å². The molecule has 3 aromatic carbocycles. The van der Waals surface area contributed by atoms with E-state index in [-0.39, 0.29) is 16.8 Å². The Morgan fingerprint density at radius 3 is 2.15 bits per heavy atom. The van der Waals surface area contributed by atoms with E-state index in [1.165, 1.54) is 30.3 Å². The molecule has 2 unspecified atom stereocenters. The number of amides is 1. The maximum Gasteiger partial charge on any atom is 0.416 e. The molecule has 0 N–H and O–H groups in total.